The SMILES string of the molecule is Cc1ccc2nc(-c3ccc(NC(=O)C(=O)Nc4ccc(N)cc4Cl)cc3)sc2c1. The standard InChI is InChI=1S/C22H17ClN4O2S/c1-12-2-8-18-19(10-12)30-22(27-18)13-3-6-15(7-4-13)25-20(28)21(29)26-17-9-5-14(24)11-16(17)23/h2-11H,24H2,1H3,(H,25,28)(H,26,29). The third-order valence-electron chi connectivity index (χ3n) is 4.38. The molecule has 2 amide bonds. The van der Waals surface area contributed by atoms with Crippen LogP contribution in [0.25, 0.3) is 20.8 Å². The Balaban J connectivity index is 1.44. The number of carbonyl (C=O) groups is 2. The Morgan fingerprint density at radius 3 is 2.43 bits per heavy atom. The normalized spacial score (nSPS) is 10.7. The van der Waals surface area contributed by atoms with Gasteiger partial charge in [-0.25, -0.2) is 4.98 Å². The van der Waals surface area contributed by atoms with E-state index in [1.165, 1.54) is 17.7 Å². The van der Waals surface area contributed by atoms with Crippen molar-refractivity contribution in [3.63, 3.8) is 0 Å². The summed E-state index contributed by atoms with van der Waals surface area (Å²) in [7, 11) is 0. The van der Waals surface area contributed by atoms with E-state index < -0.39 is 11.8 Å². The van der Waals surface area contributed by atoms with Gasteiger partial charge in [0.05, 0.1) is 20.9 Å². The summed E-state index contributed by atoms with van der Waals surface area (Å²) < 4.78 is 1.13. The van der Waals surface area contributed by atoms with Gasteiger partial charge in [-0.1, -0.05) is 17.7 Å². The van der Waals surface area contributed by atoms with Crippen LogP contribution in [0.5, 0.6) is 0 Å². The Hall–Kier alpha value is -3.42. The summed E-state index contributed by atoms with van der Waals surface area (Å²) in [4.78, 5) is 29.0. The molecular weight excluding hydrogens is 420 g/mol. The summed E-state index contributed by atoms with van der Waals surface area (Å²) >= 11 is 7.63. The first-order valence-electron chi connectivity index (χ1n) is 9.04. The first-order valence-corrected chi connectivity index (χ1v) is 10.2. The van der Waals surface area contributed by atoms with Gasteiger partial charge in [0.1, 0.15) is 5.01 Å². The Bertz CT molecular complexity index is 1270. The molecule has 8 heteroatoms. The van der Waals surface area contributed by atoms with Crippen LogP contribution >= 0.6 is 22.9 Å². The van der Waals surface area contributed by atoms with Crippen LogP contribution in [0.3, 0.4) is 0 Å². The lowest BCUT2D eigenvalue weighted by molar-refractivity contribution is -0.132. The summed E-state index contributed by atoms with van der Waals surface area (Å²) in [5, 5.41) is 6.19. The molecule has 0 saturated heterocycles. The second kappa shape index (κ2) is 8.14. The lowest BCUT2D eigenvalue weighted by atomic mass is 10.2. The highest BCUT2D eigenvalue weighted by molar-refractivity contribution is 7.21. The number of hydrogen-bond donors (Lipinski definition) is 3. The zero-order chi connectivity index (χ0) is 21.3. The van der Waals surface area contributed by atoms with Gasteiger partial charge in [0, 0.05) is 16.9 Å². The summed E-state index contributed by atoms with van der Waals surface area (Å²) in [5.74, 6) is -1.63. The summed E-state index contributed by atoms with van der Waals surface area (Å²) in [5.41, 5.74) is 9.98. The number of anilines is 3. The molecule has 4 aromatic rings. The van der Waals surface area contributed by atoms with Crippen LogP contribution in [0.15, 0.2) is 60.7 Å². The number of rotatable bonds is 3. The van der Waals surface area contributed by atoms with Crippen LogP contribution < -0.4 is 16.4 Å². The summed E-state index contributed by atoms with van der Waals surface area (Å²) in [6.07, 6.45) is 0. The fourth-order valence-corrected chi connectivity index (χ4v) is 4.16. The molecular formula is C22H17ClN4O2S. The van der Waals surface area contributed by atoms with E-state index in [4.69, 9.17) is 17.3 Å². The number of halogens is 1. The zero-order valence-corrected chi connectivity index (χ0v) is 17.5. The van der Waals surface area contributed by atoms with Crippen molar-refractivity contribution < 1.29 is 9.59 Å². The van der Waals surface area contributed by atoms with Crippen molar-refractivity contribution in [1.29, 1.82) is 0 Å². The number of hydrogen-bond acceptors (Lipinski definition) is 5. The lowest BCUT2D eigenvalue weighted by Gasteiger charge is -2.08. The summed E-state index contributed by atoms with van der Waals surface area (Å²) in [6, 6.07) is 17.9. The van der Waals surface area contributed by atoms with Gasteiger partial charge in [-0.15, -0.1) is 11.3 Å². The smallest absolute Gasteiger partial charge is 0.314 e. The predicted molar refractivity (Wildman–Crippen MR) is 123 cm³/mol. The van der Waals surface area contributed by atoms with E-state index in [0.717, 1.165) is 20.8 Å². The lowest BCUT2D eigenvalue weighted by Crippen LogP contribution is -2.29. The van der Waals surface area contributed by atoms with Crippen molar-refractivity contribution in [3.8, 4) is 10.6 Å². The molecule has 150 valence electrons. The molecule has 1 aromatic heterocycles. The molecule has 6 nitrogen and oxygen atoms in total. The third-order valence-corrected chi connectivity index (χ3v) is 5.76. The van der Waals surface area contributed by atoms with Crippen molar-refractivity contribution in [2.45, 2.75) is 6.92 Å². The second-order valence-electron chi connectivity index (χ2n) is 6.72. The van der Waals surface area contributed by atoms with Gasteiger partial charge in [-0.2, -0.15) is 0 Å². The van der Waals surface area contributed by atoms with Crippen molar-refractivity contribution in [3.05, 3.63) is 71.2 Å². The van der Waals surface area contributed by atoms with Crippen LogP contribution in [-0.4, -0.2) is 16.8 Å². The van der Waals surface area contributed by atoms with Crippen LogP contribution in [0.1, 0.15) is 5.56 Å². The molecule has 3 aromatic carbocycles. The Labute approximate surface area is 181 Å². The van der Waals surface area contributed by atoms with E-state index >= 15 is 0 Å². The minimum Gasteiger partial charge on any atom is -0.399 e. The molecule has 30 heavy (non-hydrogen) atoms. The van der Waals surface area contributed by atoms with Crippen molar-refractivity contribution in [1.82, 2.24) is 4.98 Å². The molecule has 1 heterocycles. The first-order chi connectivity index (χ1) is 14.4. The van der Waals surface area contributed by atoms with E-state index in [-0.39, 0.29) is 5.02 Å². The highest BCUT2D eigenvalue weighted by atomic mass is 35.5. The number of thiazole rings is 1. The molecule has 0 atom stereocenters. The number of nitrogens with one attached hydrogen (secondary N) is 2. The molecule has 0 radical (unpaired) electrons. The number of nitrogens with zero attached hydrogens (tertiary/aromatic N) is 1. The van der Waals surface area contributed by atoms with Crippen LogP contribution in [0.4, 0.5) is 17.1 Å². The average Bonchev–Trinajstić information content (AvgIpc) is 3.13. The maximum absolute atomic E-state index is 12.2. The molecule has 0 saturated carbocycles. The van der Waals surface area contributed by atoms with Crippen LogP contribution in [0, 0.1) is 6.92 Å². The molecule has 0 aliphatic heterocycles. The highest BCUT2D eigenvalue weighted by Crippen LogP contribution is 2.31. The van der Waals surface area contributed by atoms with E-state index in [1.54, 1.807) is 29.5 Å². The van der Waals surface area contributed by atoms with Crippen LogP contribution in [0.2, 0.25) is 5.02 Å². The topological polar surface area (TPSA) is 97.1 Å². The summed E-state index contributed by atoms with van der Waals surface area (Å²) in [6.45, 7) is 2.05. The molecule has 0 fully saturated rings. The fraction of sp³-hybridized carbons (Fsp3) is 0.0455. The monoisotopic (exact) mass is 436 g/mol. The van der Waals surface area contributed by atoms with E-state index in [1.807, 2.05) is 31.2 Å². The molecule has 4 rings (SSSR count). The number of carbonyl (C=O) groups excluding carboxylic acids is 2. The fourth-order valence-electron chi connectivity index (χ4n) is 2.85. The average molecular weight is 437 g/mol. The maximum Gasteiger partial charge on any atom is 0.314 e. The third kappa shape index (κ3) is 4.27. The van der Waals surface area contributed by atoms with Crippen molar-refractivity contribution >= 4 is 62.0 Å². The van der Waals surface area contributed by atoms with Gasteiger partial charge >= 0.3 is 11.8 Å². The number of nitrogens with two attached hydrogens (primary N) is 1. The number of nitrogen functional groups attached to an aromatic ring is 1. The van der Waals surface area contributed by atoms with Gasteiger partial charge in [-0.05, 0) is 67.1 Å². The molecule has 0 aliphatic carbocycles. The van der Waals surface area contributed by atoms with Gasteiger partial charge < -0.3 is 16.4 Å². The Morgan fingerprint density at radius 2 is 1.70 bits per heavy atom. The number of amides is 2. The maximum atomic E-state index is 12.2. The van der Waals surface area contributed by atoms with E-state index in [9.17, 15) is 9.59 Å². The predicted octanol–water partition coefficient (Wildman–Crippen LogP) is 5.08. The Kier molecular flexibility index (Phi) is 5.39. The number of aromatic nitrogens is 1. The van der Waals surface area contributed by atoms with E-state index in [0.29, 0.717) is 17.1 Å². The molecule has 0 unspecified atom stereocenters. The molecule has 0 spiro atoms. The van der Waals surface area contributed by atoms with Gasteiger partial charge in [-0.3, -0.25) is 9.59 Å². The zero-order valence-electron chi connectivity index (χ0n) is 15.9. The van der Waals surface area contributed by atoms with E-state index in [2.05, 4.69) is 21.7 Å². The first kappa shape index (κ1) is 19.9. The number of aryl methyl sites for hydroxylation is 1. The molecule has 0 aliphatic rings. The second-order valence-corrected chi connectivity index (χ2v) is 8.15. The highest BCUT2D eigenvalue weighted by Gasteiger charge is 2.16. The van der Waals surface area contributed by atoms with Crippen molar-refractivity contribution in [2.24, 2.45) is 0 Å². The minimum atomic E-state index is -0.827. The Morgan fingerprint density at radius 1 is 0.967 bits per heavy atom. The van der Waals surface area contributed by atoms with Crippen molar-refractivity contribution in [2.75, 3.05) is 16.4 Å². The number of fused-ring (bicyclic) bond motifs is 1. The van der Waals surface area contributed by atoms with Gasteiger partial charge in [0.15, 0.2) is 0 Å². The quantitative estimate of drug-likeness (QED) is 0.308. The minimum absolute atomic E-state index is 0.256. The largest absolute Gasteiger partial charge is 0.399 e. The van der Waals surface area contributed by atoms with Crippen LogP contribution in [-0.2, 0) is 9.59 Å². The number of benzene rings is 3. The van der Waals surface area contributed by atoms with Gasteiger partial charge in [0.25, 0.3) is 0 Å². The van der Waals surface area contributed by atoms with Gasteiger partial charge in [0.2, 0.25) is 0 Å². The molecule has 0 bridgehead atoms. The molecule has 4 N–H and O–H groups in total.